The van der Waals surface area contributed by atoms with Crippen molar-refractivity contribution in [3.8, 4) is 11.3 Å². The lowest BCUT2D eigenvalue weighted by Crippen LogP contribution is -2.50. The smallest absolute Gasteiger partial charge is 0.335 e. The molecule has 2 aromatic rings. The second-order valence-electron chi connectivity index (χ2n) is 6.17. The molecule has 2 heterocycles. The van der Waals surface area contributed by atoms with Crippen molar-refractivity contribution in [2.75, 3.05) is 13.1 Å². The predicted molar refractivity (Wildman–Crippen MR) is 91.4 cm³/mol. The first-order valence-electron chi connectivity index (χ1n) is 7.85. The van der Waals surface area contributed by atoms with Crippen LogP contribution in [0, 0.1) is 0 Å². The number of likely N-dealkylation sites (tertiary alicyclic amines) is 1. The highest BCUT2D eigenvalue weighted by molar-refractivity contribution is 6.33. The molecule has 132 valence electrons. The molecule has 8 heteroatoms. The Hall–Kier alpha value is -2.38. The third-order valence-corrected chi connectivity index (χ3v) is 4.79. The van der Waals surface area contributed by atoms with Crippen molar-refractivity contribution in [3.05, 3.63) is 41.0 Å². The zero-order valence-corrected chi connectivity index (χ0v) is 14.4. The lowest BCUT2D eigenvalue weighted by atomic mass is 9.91. The fraction of sp³-hybridized carbons (Fsp3) is 0.353. The van der Waals surface area contributed by atoms with Gasteiger partial charge in [0.1, 0.15) is 5.69 Å². The third kappa shape index (κ3) is 3.25. The summed E-state index contributed by atoms with van der Waals surface area (Å²) in [5.41, 5.74) is -0.224. The number of carboxylic acids is 1. The first-order valence-corrected chi connectivity index (χ1v) is 8.23. The van der Waals surface area contributed by atoms with Gasteiger partial charge in [-0.1, -0.05) is 29.8 Å². The van der Waals surface area contributed by atoms with Gasteiger partial charge in [-0.25, -0.2) is 4.79 Å². The summed E-state index contributed by atoms with van der Waals surface area (Å²) >= 11 is 6.23. The van der Waals surface area contributed by atoms with Crippen LogP contribution >= 0.6 is 11.6 Å². The zero-order valence-electron chi connectivity index (χ0n) is 13.6. The number of halogens is 1. The number of amides is 1. The standard InChI is InChI=1S/C17H18ClN3O4/c1-20-10-12(14(19-20)11-4-2-3-5-13(11)18)15(22)21-8-6-17(25,7-9-21)16(23)24/h2-5,10,25H,6-9H2,1H3,(H,23,24). The molecule has 0 bridgehead atoms. The largest absolute Gasteiger partial charge is 0.479 e. The van der Waals surface area contributed by atoms with Crippen LogP contribution in [0.3, 0.4) is 0 Å². The molecule has 2 N–H and O–H groups in total. The second-order valence-corrected chi connectivity index (χ2v) is 6.58. The minimum atomic E-state index is -1.77. The minimum absolute atomic E-state index is 0.00420. The molecule has 1 fully saturated rings. The Balaban J connectivity index is 1.87. The summed E-state index contributed by atoms with van der Waals surface area (Å²) in [7, 11) is 1.72. The number of carbonyl (C=O) groups excluding carboxylic acids is 1. The lowest BCUT2D eigenvalue weighted by molar-refractivity contribution is -0.162. The summed E-state index contributed by atoms with van der Waals surface area (Å²) in [6.07, 6.45) is 1.62. The van der Waals surface area contributed by atoms with Crippen molar-refractivity contribution in [3.63, 3.8) is 0 Å². The van der Waals surface area contributed by atoms with Crippen molar-refractivity contribution >= 4 is 23.5 Å². The molecular weight excluding hydrogens is 346 g/mol. The van der Waals surface area contributed by atoms with E-state index in [4.69, 9.17) is 16.7 Å². The molecule has 0 aliphatic carbocycles. The van der Waals surface area contributed by atoms with Crippen LogP contribution < -0.4 is 0 Å². The Morgan fingerprint density at radius 2 is 1.88 bits per heavy atom. The summed E-state index contributed by atoms with van der Waals surface area (Å²) in [5.74, 6) is -1.51. The zero-order chi connectivity index (χ0) is 18.2. The second kappa shape index (κ2) is 6.50. The highest BCUT2D eigenvalue weighted by Gasteiger charge is 2.41. The van der Waals surface area contributed by atoms with E-state index in [0.29, 0.717) is 21.8 Å². The van der Waals surface area contributed by atoms with Gasteiger partial charge < -0.3 is 15.1 Å². The average molecular weight is 364 g/mol. The third-order valence-electron chi connectivity index (χ3n) is 4.46. The molecule has 1 aliphatic rings. The molecule has 1 aliphatic heterocycles. The van der Waals surface area contributed by atoms with Crippen LogP contribution in [0.1, 0.15) is 23.2 Å². The summed E-state index contributed by atoms with van der Waals surface area (Å²) in [6, 6.07) is 7.14. The predicted octanol–water partition coefficient (Wildman–Crippen LogP) is 1.79. The van der Waals surface area contributed by atoms with Gasteiger partial charge in [-0.2, -0.15) is 5.10 Å². The lowest BCUT2D eigenvalue weighted by Gasteiger charge is -2.35. The number of aromatic nitrogens is 2. The number of nitrogens with zero attached hydrogens (tertiary/aromatic N) is 3. The molecule has 0 unspecified atom stereocenters. The Kier molecular flexibility index (Phi) is 4.53. The number of aliphatic hydroxyl groups is 1. The topological polar surface area (TPSA) is 95.7 Å². The average Bonchev–Trinajstić information content (AvgIpc) is 2.97. The van der Waals surface area contributed by atoms with Gasteiger partial charge in [-0.05, 0) is 6.07 Å². The van der Waals surface area contributed by atoms with E-state index in [1.807, 2.05) is 6.07 Å². The van der Waals surface area contributed by atoms with E-state index in [2.05, 4.69) is 5.10 Å². The maximum absolute atomic E-state index is 12.9. The number of hydrogen-bond acceptors (Lipinski definition) is 4. The Morgan fingerprint density at radius 3 is 2.48 bits per heavy atom. The van der Waals surface area contributed by atoms with Crippen LogP contribution in [-0.4, -0.2) is 55.5 Å². The van der Waals surface area contributed by atoms with Crippen molar-refractivity contribution in [1.82, 2.24) is 14.7 Å². The van der Waals surface area contributed by atoms with E-state index in [1.54, 1.807) is 36.1 Å². The molecule has 1 amide bonds. The van der Waals surface area contributed by atoms with Crippen molar-refractivity contribution in [1.29, 1.82) is 0 Å². The monoisotopic (exact) mass is 363 g/mol. The van der Waals surface area contributed by atoms with Gasteiger partial charge in [-0.3, -0.25) is 9.48 Å². The summed E-state index contributed by atoms with van der Waals surface area (Å²) in [4.78, 5) is 25.6. The molecule has 1 aromatic carbocycles. The quantitative estimate of drug-likeness (QED) is 0.866. The number of hydrogen-bond donors (Lipinski definition) is 2. The molecular formula is C17H18ClN3O4. The van der Waals surface area contributed by atoms with Crippen LogP contribution in [0.15, 0.2) is 30.5 Å². The van der Waals surface area contributed by atoms with Gasteiger partial charge >= 0.3 is 5.97 Å². The van der Waals surface area contributed by atoms with Crippen molar-refractivity contribution in [2.45, 2.75) is 18.4 Å². The molecule has 0 atom stereocenters. The van der Waals surface area contributed by atoms with Gasteiger partial charge in [0.15, 0.2) is 5.60 Å². The number of carbonyl (C=O) groups is 2. The van der Waals surface area contributed by atoms with E-state index < -0.39 is 11.6 Å². The molecule has 25 heavy (non-hydrogen) atoms. The fourth-order valence-corrected chi connectivity index (χ4v) is 3.19. The number of piperidine rings is 1. The molecule has 0 radical (unpaired) electrons. The van der Waals surface area contributed by atoms with Crippen LogP contribution in [0.5, 0.6) is 0 Å². The Labute approximate surface area is 149 Å². The summed E-state index contributed by atoms with van der Waals surface area (Å²) < 4.78 is 1.55. The van der Waals surface area contributed by atoms with E-state index in [-0.39, 0.29) is 31.8 Å². The summed E-state index contributed by atoms with van der Waals surface area (Å²) in [5, 5.41) is 24.0. The molecule has 3 rings (SSSR count). The highest BCUT2D eigenvalue weighted by Crippen LogP contribution is 2.31. The van der Waals surface area contributed by atoms with E-state index in [1.165, 1.54) is 4.90 Å². The number of rotatable bonds is 3. The molecule has 1 aromatic heterocycles. The van der Waals surface area contributed by atoms with Crippen LogP contribution in [0.2, 0.25) is 5.02 Å². The minimum Gasteiger partial charge on any atom is -0.479 e. The van der Waals surface area contributed by atoms with E-state index in [9.17, 15) is 14.7 Å². The maximum Gasteiger partial charge on any atom is 0.335 e. The number of carboxylic acid groups (broad SMARTS) is 1. The summed E-state index contributed by atoms with van der Waals surface area (Å²) in [6.45, 7) is 0.330. The van der Waals surface area contributed by atoms with Crippen molar-refractivity contribution in [2.24, 2.45) is 7.05 Å². The molecule has 7 nitrogen and oxygen atoms in total. The fourth-order valence-electron chi connectivity index (χ4n) is 2.96. The number of aryl methyl sites for hydroxylation is 1. The first-order chi connectivity index (χ1) is 11.8. The van der Waals surface area contributed by atoms with Gasteiger partial charge in [-0.15, -0.1) is 0 Å². The Bertz CT molecular complexity index is 825. The number of aliphatic carboxylic acids is 1. The van der Waals surface area contributed by atoms with E-state index >= 15 is 0 Å². The molecule has 1 saturated heterocycles. The number of benzene rings is 1. The molecule has 0 saturated carbocycles. The van der Waals surface area contributed by atoms with Crippen LogP contribution in [-0.2, 0) is 11.8 Å². The van der Waals surface area contributed by atoms with Crippen LogP contribution in [0.25, 0.3) is 11.3 Å². The first kappa shape index (κ1) is 17.4. The Morgan fingerprint density at radius 1 is 1.24 bits per heavy atom. The van der Waals surface area contributed by atoms with Gasteiger partial charge in [0.2, 0.25) is 0 Å². The SMILES string of the molecule is Cn1cc(C(=O)N2CCC(O)(C(=O)O)CC2)c(-c2ccccc2Cl)n1. The van der Waals surface area contributed by atoms with Gasteiger partial charge in [0, 0.05) is 44.7 Å². The van der Waals surface area contributed by atoms with Gasteiger partial charge in [0.05, 0.1) is 10.6 Å². The van der Waals surface area contributed by atoms with E-state index in [0.717, 1.165) is 0 Å². The van der Waals surface area contributed by atoms with Crippen LogP contribution in [0.4, 0.5) is 0 Å². The highest BCUT2D eigenvalue weighted by atomic mass is 35.5. The maximum atomic E-state index is 12.9. The normalized spacial score (nSPS) is 16.7. The van der Waals surface area contributed by atoms with Crippen molar-refractivity contribution < 1.29 is 19.8 Å². The van der Waals surface area contributed by atoms with Gasteiger partial charge in [0.25, 0.3) is 5.91 Å². The molecule has 0 spiro atoms.